The number of allylic oxidation sites excluding steroid dienone is 1. The van der Waals surface area contributed by atoms with Crippen LogP contribution in [0.25, 0.3) is 0 Å². The molecule has 3 N–H and O–H groups in total. The number of likely N-dealkylation sites (tertiary alicyclic amines) is 1. The highest BCUT2D eigenvalue weighted by Gasteiger charge is 2.52. The average molecular weight is 535 g/mol. The Bertz CT molecular complexity index is 766. The molecule has 0 aliphatic carbocycles. The van der Waals surface area contributed by atoms with Crippen LogP contribution in [0.15, 0.2) is 20.1 Å². The van der Waals surface area contributed by atoms with Gasteiger partial charge < -0.3 is 24.8 Å². The zero-order chi connectivity index (χ0) is 21.6. The molecule has 3 heterocycles. The number of aliphatic imine (C=N–C) groups is 1. The first-order chi connectivity index (χ1) is 13.5. The summed E-state index contributed by atoms with van der Waals surface area (Å²) in [5.74, 6) is 2.99. The molecule has 0 aromatic rings. The highest BCUT2D eigenvalue weighted by atomic mass is 127. The van der Waals surface area contributed by atoms with Crippen molar-refractivity contribution in [3.63, 3.8) is 0 Å². The fraction of sp³-hybridized carbons (Fsp3) is 0.737. The van der Waals surface area contributed by atoms with E-state index in [-0.39, 0.29) is 22.3 Å². The summed E-state index contributed by atoms with van der Waals surface area (Å²) in [6.07, 6.45) is 1.76. The Morgan fingerprint density at radius 1 is 1.41 bits per heavy atom. The van der Waals surface area contributed by atoms with Crippen molar-refractivity contribution in [2.45, 2.75) is 57.4 Å². The van der Waals surface area contributed by atoms with E-state index in [2.05, 4.69) is 14.6 Å². The monoisotopic (exact) mass is 535 g/mol. The molecule has 10 heteroatoms. The Kier molecular flexibility index (Phi) is 6.63. The van der Waals surface area contributed by atoms with Gasteiger partial charge in [-0.3, -0.25) is 0 Å². The third kappa shape index (κ3) is 4.33. The van der Waals surface area contributed by atoms with E-state index >= 15 is 0 Å². The van der Waals surface area contributed by atoms with Gasteiger partial charge in [0.15, 0.2) is 5.94 Å². The van der Waals surface area contributed by atoms with Gasteiger partial charge in [0.25, 0.3) is 0 Å². The Hall–Kier alpha value is -0.780. The molecule has 3 aliphatic heterocycles. The summed E-state index contributed by atoms with van der Waals surface area (Å²) >= 11 is 0.869. The van der Waals surface area contributed by atoms with Crippen LogP contribution in [0.5, 0.6) is 0 Å². The summed E-state index contributed by atoms with van der Waals surface area (Å²) in [4.78, 5) is 19.8. The highest BCUT2D eigenvalue weighted by Crippen LogP contribution is 2.43. The van der Waals surface area contributed by atoms with Gasteiger partial charge in [-0.2, -0.15) is 4.99 Å². The van der Waals surface area contributed by atoms with Crippen LogP contribution in [-0.2, 0) is 20.9 Å². The Morgan fingerprint density at radius 3 is 2.59 bits per heavy atom. The number of rotatable bonds is 2. The fourth-order valence-electron chi connectivity index (χ4n) is 4.10. The number of hydrogen-bond donors (Lipinski definition) is 2. The Labute approximate surface area is 189 Å². The zero-order valence-electron chi connectivity index (χ0n) is 17.6. The fourth-order valence-corrected chi connectivity index (χ4v) is 5.72. The molecule has 0 radical (unpaired) electrons. The second kappa shape index (κ2) is 8.39. The molecule has 8 nitrogen and oxygen atoms in total. The number of ether oxygens (including phenoxy) is 1. The first-order valence-electron chi connectivity index (χ1n) is 9.78. The van der Waals surface area contributed by atoms with E-state index in [1.165, 1.54) is 0 Å². The summed E-state index contributed by atoms with van der Waals surface area (Å²) in [6, 6.07) is 0.0343. The first kappa shape index (κ1) is 22.9. The lowest BCUT2D eigenvalue weighted by atomic mass is 9.73. The SMILES string of the molecule is C[C@@H]1OCC2(CCN(C3=NC(N)=C(I)C(=C=O)N3C)CC2)[C@@H]1N[S+]([O-])C(C)(C)C. The minimum Gasteiger partial charge on any atom is -0.598 e. The van der Waals surface area contributed by atoms with Crippen LogP contribution in [0, 0.1) is 5.41 Å². The standard InChI is InChI=1S/C19H30IN5O3S/c1-12-15(23-29(27)18(2,3)4)19(11-28-12)6-8-25(9-7-19)17-22-16(21)14(20)13(10-26)24(17)5/h12,15,23H,6-9,11,21H2,1-5H3/t12-,15+,29?/m0/s1. The number of piperidine rings is 1. The van der Waals surface area contributed by atoms with Gasteiger partial charge in [-0.1, -0.05) is 0 Å². The van der Waals surface area contributed by atoms with E-state index in [9.17, 15) is 9.35 Å². The maximum atomic E-state index is 12.7. The average Bonchev–Trinajstić information content (AvgIpc) is 2.95. The molecule has 29 heavy (non-hydrogen) atoms. The van der Waals surface area contributed by atoms with E-state index in [4.69, 9.17) is 10.5 Å². The molecule has 0 aromatic heterocycles. The van der Waals surface area contributed by atoms with E-state index in [0.29, 0.717) is 27.7 Å². The third-order valence-corrected chi connectivity index (χ3v) is 8.62. The van der Waals surface area contributed by atoms with Crippen molar-refractivity contribution in [3.05, 3.63) is 15.1 Å². The van der Waals surface area contributed by atoms with Crippen molar-refractivity contribution >= 4 is 45.9 Å². The lowest BCUT2D eigenvalue weighted by molar-refractivity contribution is 0.0820. The number of likely N-dealkylation sites (N-methyl/N-ethyl adjacent to an activating group) is 1. The summed E-state index contributed by atoms with van der Waals surface area (Å²) in [6.45, 7) is 10.1. The second-order valence-corrected chi connectivity index (χ2v) is 12.0. The smallest absolute Gasteiger partial charge is 0.208 e. The van der Waals surface area contributed by atoms with E-state index in [0.717, 1.165) is 25.9 Å². The third-order valence-electron chi connectivity index (χ3n) is 5.98. The summed E-state index contributed by atoms with van der Waals surface area (Å²) in [5.41, 5.74) is 6.37. The topological polar surface area (TPSA) is 106 Å². The van der Waals surface area contributed by atoms with Crippen molar-refractivity contribution in [3.8, 4) is 0 Å². The molecular formula is C19H30IN5O3S. The number of guanidine groups is 1. The lowest BCUT2D eigenvalue weighted by Crippen LogP contribution is -2.58. The van der Waals surface area contributed by atoms with E-state index in [1.807, 2.05) is 63.3 Å². The summed E-state index contributed by atoms with van der Waals surface area (Å²) in [5, 5.41) is 0. The predicted octanol–water partition coefficient (Wildman–Crippen LogP) is 1.49. The Balaban J connectivity index is 1.75. The quantitative estimate of drug-likeness (QED) is 0.314. The number of carbonyl (C=O) groups excluding carboxylic acids is 1. The molecule has 3 aliphatic rings. The van der Waals surface area contributed by atoms with Crippen molar-refractivity contribution in [2.24, 2.45) is 16.1 Å². The summed E-state index contributed by atoms with van der Waals surface area (Å²) in [7, 11) is 1.81. The molecule has 0 aromatic carbocycles. The molecule has 0 amide bonds. The first-order valence-corrected chi connectivity index (χ1v) is 12.0. The number of nitrogens with zero attached hydrogens (tertiary/aromatic N) is 3. The Morgan fingerprint density at radius 2 is 2.03 bits per heavy atom. The molecule has 162 valence electrons. The maximum Gasteiger partial charge on any atom is 0.208 e. The van der Waals surface area contributed by atoms with Gasteiger partial charge in [0.1, 0.15) is 16.3 Å². The predicted molar refractivity (Wildman–Crippen MR) is 123 cm³/mol. The van der Waals surface area contributed by atoms with Crippen LogP contribution in [-0.4, -0.2) is 69.9 Å². The van der Waals surface area contributed by atoms with Crippen molar-refractivity contribution in [1.29, 1.82) is 0 Å². The van der Waals surface area contributed by atoms with Crippen LogP contribution in [0.3, 0.4) is 0 Å². The molecule has 1 spiro atoms. The van der Waals surface area contributed by atoms with Crippen molar-refractivity contribution < 1.29 is 14.1 Å². The molecular weight excluding hydrogens is 505 g/mol. The largest absolute Gasteiger partial charge is 0.598 e. The van der Waals surface area contributed by atoms with Crippen LogP contribution in [0.2, 0.25) is 0 Å². The molecule has 0 bridgehead atoms. The molecule has 2 saturated heterocycles. The molecule has 0 saturated carbocycles. The second-order valence-electron chi connectivity index (χ2n) is 8.96. The van der Waals surface area contributed by atoms with Crippen LogP contribution in [0.1, 0.15) is 40.5 Å². The number of nitrogens with two attached hydrogens (primary N) is 1. The minimum absolute atomic E-state index is 0.00676. The van der Waals surface area contributed by atoms with Crippen molar-refractivity contribution in [2.75, 3.05) is 26.7 Å². The highest BCUT2D eigenvalue weighted by molar-refractivity contribution is 14.1. The van der Waals surface area contributed by atoms with Gasteiger partial charge in [-0.15, -0.1) is 4.72 Å². The molecule has 3 rings (SSSR count). The van der Waals surface area contributed by atoms with Crippen LogP contribution < -0.4 is 10.5 Å². The number of nitrogens with one attached hydrogen (secondary N) is 1. The van der Waals surface area contributed by atoms with Gasteiger partial charge in [0.2, 0.25) is 5.96 Å². The lowest BCUT2D eigenvalue weighted by Gasteiger charge is -2.45. The van der Waals surface area contributed by atoms with Gasteiger partial charge in [0, 0.05) is 36.9 Å². The maximum absolute atomic E-state index is 12.7. The van der Waals surface area contributed by atoms with Gasteiger partial charge in [0.05, 0.1) is 22.3 Å². The zero-order valence-corrected chi connectivity index (χ0v) is 20.6. The normalized spacial score (nSPS) is 28.7. The number of halogens is 1. The van der Waals surface area contributed by atoms with Crippen molar-refractivity contribution in [1.82, 2.24) is 14.5 Å². The molecule has 3 atom stereocenters. The van der Waals surface area contributed by atoms with Gasteiger partial charge >= 0.3 is 0 Å². The van der Waals surface area contributed by atoms with E-state index in [1.54, 1.807) is 4.90 Å². The van der Waals surface area contributed by atoms with E-state index < -0.39 is 11.4 Å². The minimum atomic E-state index is -1.15. The molecule has 2 fully saturated rings. The van der Waals surface area contributed by atoms with Crippen LogP contribution in [0.4, 0.5) is 0 Å². The molecule has 1 unspecified atom stereocenters. The van der Waals surface area contributed by atoms with Gasteiger partial charge in [-0.05, 0) is 63.1 Å². The van der Waals surface area contributed by atoms with Crippen LogP contribution >= 0.6 is 22.6 Å². The number of hydrogen-bond acceptors (Lipinski definition) is 8. The summed E-state index contributed by atoms with van der Waals surface area (Å²) < 4.78 is 22.4. The van der Waals surface area contributed by atoms with Gasteiger partial charge in [-0.25, -0.2) is 4.79 Å².